The van der Waals surface area contributed by atoms with Gasteiger partial charge in [-0.15, -0.1) is 24.0 Å². The molecule has 3 rings (SSSR count). The van der Waals surface area contributed by atoms with Gasteiger partial charge in [0.2, 0.25) is 0 Å². The average Bonchev–Trinajstić information content (AvgIpc) is 3.24. The Balaban J connectivity index is 0.00000363. The first-order valence-corrected chi connectivity index (χ1v) is 10.6. The summed E-state index contributed by atoms with van der Waals surface area (Å²) in [6.07, 6.45) is 4.27. The highest BCUT2D eigenvalue weighted by molar-refractivity contribution is 14.0. The van der Waals surface area contributed by atoms with Crippen molar-refractivity contribution < 1.29 is 4.39 Å². The Morgan fingerprint density at radius 2 is 2.00 bits per heavy atom. The lowest BCUT2D eigenvalue weighted by Crippen LogP contribution is -2.43. The second-order valence-electron chi connectivity index (χ2n) is 7.85. The normalized spacial score (nSPS) is 12.4. The van der Waals surface area contributed by atoms with Crippen molar-refractivity contribution in [1.29, 1.82) is 0 Å². The zero-order chi connectivity index (χ0) is 22.5. The van der Waals surface area contributed by atoms with Gasteiger partial charge < -0.3 is 15.2 Å². The molecule has 1 unspecified atom stereocenters. The highest BCUT2D eigenvalue weighted by atomic mass is 127. The number of aromatic nitrogens is 4. The lowest BCUT2D eigenvalue weighted by molar-refractivity contribution is 0.613. The minimum Gasteiger partial charge on any atom is -0.357 e. The Labute approximate surface area is 206 Å². The van der Waals surface area contributed by atoms with Gasteiger partial charge in [-0.3, -0.25) is 4.68 Å². The summed E-state index contributed by atoms with van der Waals surface area (Å²) < 4.78 is 18.3. The van der Waals surface area contributed by atoms with E-state index in [0.717, 1.165) is 30.0 Å². The van der Waals surface area contributed by atoms with Gasteiger partial charge >= 0.3 is 0 Å². The number of benzene rings is 1. The summed E-state index contributed by atoms with van der Waals surface area (Å²) in [6.45, 7) is 11.3. The topological polar surface area (TPSA) is 72.1 Å². The Bertz CT molecular complexity index is 1070. The number of rotatable bonds is 7. The summed E-state index contributed by atoms with van der Waals surface area (Å²) in [5.74, 6) is 1.17. The Morgan fingerprint density at radius 1 is 1.25 bits per heavy atom. The van der Waals surface area contributed by atoms with Crippen LogP contribution < -0.4 is 10.6 Å². The molecule has 2 aromatic heterocycles. The maximum Gasteiger partial charge on any atom is 0.191 e. The quantitative estimate of drug-likeness (QED) is 0.264. The fourth-order valence-corrected chi connectivity index (χ4v) is 3.67. The summed E-state index contributed by atoms with van der Waals surface area (Å²) in [5, 5.41) is 11.2. The first kappa shape index (κ1) is 25.8. The van der Waals surface area contributed by atoms with E-state index >= 15 is 0 Å². The van der Waals surface area contributed by atoms with Crippen LogP contribution in [0.3, 0.4) is 0 Å². The van der Waals surface area contributed by atoms with Crippen LogP contribution in [0.2, 0.25) is 0 Å². The minimum atomic E-state index is -0.289. The van der Waals surface area contributed by atoms with Crippen molar-refractivity contribution in [2.24, 2.45) is 12.0 Å². The fraction of sp³-hybridized carbons (Fsp3) is 0.435. The number of aliphatic imine (C=N–C) groups is 1. The zero-order valence-electron chi connectivity index (χ0n) is 19.6. The second-order valence-corrected chi connectivity index (χ2v) is 7.85. The van der Waals surface area contributed by atoms with Crippen LogP contribution in [-0.2, 0) is 20.0 Å². The van der Waals surface area contributed by atoms with Crippen molar-refractivity contribution in [1.82, 2.24) is 30.0 Å². The molecule has 0 aliphatic rings. The molecule has 0 saturated heterocycles. The highest BCUT2D eigenvalue weighted by Gasteiger charge is 2.14. The molecule has 1 aromatic carbocycles. The zero-order valence-corrected chi connectivity index (χ0v) is 21.9. The van der Waals surface area contributed by atoms with Gasteiger partial charge in [0.15, 0.2) is 5.96 Å². The smallest absolute Gasteiger partial charge is 0.191 e. The molecule has 2 N–H and O–H groups in total. The van der Waals surface area contributed by atoms with Crippen LogP contribution in [0.5, 0.6) is 0 Å². The molecule has 1 atom stereocenters. The molecule has 0 amide bonds. The van der Waals surface area contributed by atoms with Crippen LogP contribution in [0, 0.1) is 26.6 Å². The number of hydrogen-bond donors (Lipinski definition) is 2. The monoisotopic (exact) mass is 553 g/mol. The number of aryl methyl sites for hydroxylation is 3. The molecule has 32 heavy (non-hydrogen) atoms. The van der Waals surface area contributed by atoms with Gasteiger partial charge in [-0.2, -0.15) is 5.10 Å². The van der Waals surface area contributed by atoms with E-state index in [9.17, 15) is 4.39 Å². The Morgan fingerprint density at radius 3 is 2.56 bits per heavy atom. The van der Waals surface area contributed by atoms with Crippen LogP contribution in [0.15, 0.2) is 35.6 Å². The third-order valence-electron chi connectivity index (χ3n) is 5.41. The molecule has 174 valence electrons. The summed E-state index contributed by atoms with van der Waals surface area (Å²) in [6, 6.07) is 5.37. The van der Waals surface area contributed by atoms with E-state index in [-0.39, 0.29) is 35.8 Å². The molecule has 0 aliphatic heterocycles. The molecule has 9 heteroatoms. The highest BCUT2D eigenvalue weighted by Crippen LogP contribution is 2.17. The molecule has 0 bridgehead atoms. The SMILES string of the molecule is CCNC(=NCc1ccc(-n2ccnc2C)c(F)c1)NC(C)Cc1c(C)nn(C)c1C.I. The van der Waals surface area contributed by atoms with E-state index in [0.29, 0.717) is 18.2 Å². The van der Waals surface area contributed by atoms with E-state index in [1.165, 1.54) is 17.3 Å². The summed E-state index contributed by atoms with van der Waals surface area (Å²) in [7, 11) is 1.97. The number of halogens is 2. The number of guanidine groups is 1. The molecular weight excluding hydrogens is 520 g/mol. The maximum absolute atomic E-state index is 14.7. The second kappa shape index (κ2) is 11.4. The van der Waals surface area contributed by atoms with Crippen LogP contribution >= 0.6 is 24.0 Å². The van der Waals surface area contributed by atoms with Crippen molar-refractivity contribution in [3.63, 3.8) is 0 Å². The lowest BCUT2D eigenvalue weighted by atomic mass is 10.1. The van der Waals surface area contributed by atoms with E-state index in [1.807, 2.05) is 38.6 Å². The summed E-state index contributed by atoms with van der Waals surface area (Å²) >= 11 is 0. The molecule has 3 aromatic rings. The molecule has 2 heterocycles. The predicted octanol–water partition coefficient (Wildman–Crippen LogP) is 3.97. The van der Waals surface area contributed by atoms with Gasteiger partial charge in [0, 0.05) is 37.7 Å². The van der Waals surface area contributed by atoms with Gasteiger partial charge in [0.1, 0.15) is 11.6 Å². The van der Waals surface area contributed by atoms with Crippen LogP contribution in [-0.4, -0.2) is 37.9 Å². The number of imidazole rings is 1. The maximum atomic E-state index is 14.7. The first-order valence-electron chi connectivity index (χ1n) is 10.6. The third kappa shape index (κ3) is 6.08. The van der Waals surface area contributed by atoms with Gasteiger partial charge in [0.25, 0.3) is 0 Å². The first-order chi connectivity index (χ1) is 14.8. The Kier molecular flexibility index (Phi) is 9.23. The van der Waals surface area contributed by atoms with Crippen LogP contribution in [0.25, 0.3) is 5.69 Å². The molecule has 0 spiro atoms. The molecule has 0 radical (unpaired) electrons. The lowest BCUT2D eigenvalue weighted by Gasteiger charge is -2.18. The number of nitrogens with zero attached hydrogens (tertiary/aromatic N) is 5. The molecule has 7 nitrogen and oxygen atoms in total. The minimum absolute atomic E-state index is 0. The van der Waals surface area contributed by atoms with Gasteiger partial charge in [0.05, 0.1) is 17.9 Å². The Hall–Kier alpha value is -2.43. The van der Waals surface area contributed by atoms with Crippen molar-refractivity contribution in [2.45, 2.75) is 53.6 Å². The number of nitrogens with one attached hydrogen (secondary N) is 2. The molecular formula is C23H33FIN7. The fourth-order valence-electron chi connectivity index (χ4n) is 3.67. The van der Waals surface area contributed by atoms with Gasteiger partial charge in [-0.1, -0.05) is 6.07 Å². The van der Waals surface area contributed by atoms with Crippen molar-refractivity contribution >= 4 is 29.9 Å². The van der Waals surface area contributed by atoms with E-state index in [1.54, 1.807) is 23.0 Å². The standard InChI is InChI=1S/C23H32FN7.HI/c1-7-25-23(28-15(2)12-20-16(3)29-30(6)17(20)4)27-14-19-8-9-22(21(24)13-19)31-11-10-26-18(31)5;/h8-11,13,15H,7,12,14H2,1-6H3,(H2,25,27,28);1H. The van der Waals surface area contributed by atoms with Crippen LogP contribution in [0.4, 0.5) is 4.39 Å². The number of hydrogen-bond acceptors (Lipinski definition) is 3. The van der Waals surface area contributed by atoms with Crippen molar-refractivity contribution in [3.8, 4) is 5.69 Å². The van der Waals surface area contributed by atoms with E-state index in [4.69, 9.17) is 0 Å². The van der Waals surface area contributed by atoms with E-state index in [2.05, 4.69) is 39.6 Å². The summed E-state index contributed by atoms with van der Waals surface area (Å²) in [4.78, 5) is 8.81. The molecule has 0 fully saturated rings. The largest absolute Gasteiger partial charge is 0.357 e. The van der Waals surface area contributed by atoms with Crippen molar-refractivity contribution in [2.75, 3.05) is 6.54 Å². The summed E-state index contributed by atoms with van der Waals surface area (Å²) in [5.41, 5.74) is 4.79. The van der Waals surface area contributed by atoms with E-state index < -0.39 is 0 Å². The average molecular weight is 553 g/mol. The predicted molar refractivity (Wildman–Crippen MR) is 137 cm³/mol. The molecule has 0 saturated carbocycles. The van der Waals surface area contributed by atoms with Crippen LogP contribution in [0.1, 0.15) is 42.2 Å². The molecule has 0 aliphatic carbocycles. The van der Waals surface area contributed by atoms with Gasteiger partial charge in [-0.25, -0.2) is 14.4 Å². The van der Waals surface area contributed by atoms with Crippen molar-refractivity contribution in [3.05, 3.63) is 64.7 Å². The van der Waals surface area contributed by atoms with Gasteiger partial charge in [-0.05, 0) is 64.3 Å². The third-order valence-corrected chi connectivity index (χ3v) is 5.41.